The van der Waals surface area contributed by atoms with Gasteiger partial charge in [0.1, 0.15) is 0 Å². The van der Waals surface area contributed by atoms with Crippen molar-refractivity contribution in [2.24, 2.45) is 0 Å². The highest BCUT2D eigenvalue weighted by molar-refractivity contribution is 6.30. The third kappa shape index (κ3) is 4.78. The van der Waals surface area contributed by atoms with E-state index in [0.717, 1.165) is 23.4 Å². The van der Waals surface area contributed by atoms with E-state index in [9.17, 15) is 4.79 Å². The first-order valence-corrected chi connectivity index (χ1v) is 6.46. The van der Waals surface area contributed by atoms with E-state index in [4.69, 9.17) is 16.3 Å². The van der Waals surface area contributed by atoms with Gasteiger partial charge in [0.15, 0.2) is 0 Å². The van der Waals surface area contributed by atoms with Gasteiger partial charge in [-0.15, -0.1) is 0 Å². The molecule has 0 aliphatic carbocycles. The highest BCUT2D eigenvalue weighted by Crippen LogP contribution is 2.26. The van der Waals surface area contributed by atoms with Crippen LogP contribution in [-0.2, 0) is 9.53 Å². The highest BCUT2D eigenvalue weighted by atomic mass is 35.5. The molecule has 0 N–H and O–H groups in total. The van der Waals surface area contributed by atoms with Gasteiger partial charge in [-0.2, -0.15) is 0 Å². The van der Waals surface area contributed by atoms with Crippen LogP contribution in [0.25, 0.3) is 0 Å². The zero-order valence-electron chi connectivity index (χ0n) is 10.4. The van der Waals surface area contributed by atoms with Gasteiger partial charge in [0.2, 0.25) is 0 Å². The molecule has 0 amide bonds. The van der Waals surface area contributed by atoms with Crippen molar-refractivity contribution in [1.29, 1.82) is 0 Å². The molecular formula is C14H19ClO2. The third-order valence-corrected chi connectivity index (χ3v) is 2.95. The zero-order valence-corrected chi connectivity index (χ0v) is 11.2. The van der Waals surface area contributed by atoms with Crippen LogP contribution in [-0.4, -0.2) is 12.6 Å². The molecule has 1 aromatic carbocycles. The van der Waals surface area contributed by atoms with Crippen LogP contribution < -0.4 is 0 Å². The van der Waals surface area contributed by atoms with Gasteiger partial charge >= 0.3 is 5.97 Å². The molecule has 17 heavy (non-hydrogen) atoms. The van der Waals surface area contributed by atoms with Gasteiger partial charge < -0.3 is 4.74 Å². The third-order valence-electron chi connectivity index (χ3n) is 2.70. The lowest BCUT2D eigenvalue weighted by Gasteiger charge is -2.15. The molecular weight excluding hydrogens is 236 g/mol. The van der Waals surface area contributed by atoms with Crippen LogP contribution in [0.4, 0.5) is 0 Å². The molecule has 94 valence electrons. The second-order valence-corrected chi connectivity index (χ2v) is 4.48. The highest BCUT2D eigenvalue weighted by Gasteiger charge is 2.15. The molecule has 0 heterocycles. The minimum Gasteiger partial charge on any atom is -0.466 e. The van der Waals surface area contributed by atoms with E-state index >= 15 is 0 Å². The second-order valence-electron chi connectivity index (χ2n) is 4.05. The minimum absolute atomic E-state index is 0.124. The van der Waals surface area contributed by atoms with Crippen LogP contribution in [0.5, 0.6) is 0 Å². The Morgan fingerprint density at radius 3 is 2.47 bits per heavy atom. The average molecular weight is 255 g/mol. The maximum absolute atomic E-state index is 11.5. The molecule has 0 aromatic heterocycles. The molecule has 0 spiro atoms. The number of hydrogen-bond donors (Lipinski definition) is 0. The van der Waals surface area contributed by atoms with Gasteiger partial charge in [0.25, 0.3) is 0 Å². The first-order chi connectivity index (χ1) is 8.17. The molecule has 0 saturated heterocycles. The zero-order chi connectivity index (χ0) is 12.7. The standard InChI is InChI=1S/C14H19ClO2/c1-3-5-12(10-14(16)17-4-2)11-6-8-13(15)9-7-11/h6-9,12H,3-5,10H2,1-2H3/t12-/m0/s1. The average Bonchev–Trinajstić information content (AvgIpc) is 2.30. The Bertz CT molecular complexity index is 346. The van der Waals surface area contributed by atoms with Gasteiger partial charge in [-0.25, -0.2) is 0 Å². The van der Waals surface area contributed by atoms with E-state index in [1.807, 2.05) is 31.2 Å². The second kappa shape index (κ2) is 7.33. The Kier molecular flexibility index (Phi) is 6.06. The summed E-state index contributed by atoms with van der Waals surface area (Å²) in [7, 11) is 0. The molecule has 0 radical (unpaired) electrons. The lowest BCUT2D eigenvalue weighted by molar-refractivity contribution is -0.143. The summed E-state index contributed by atoms with van der Waals surface area (Å²) in [6.07, 6.45) is 2.48. The Hall–Kier alpha value is -1.02. The van der Waals surface area contributed by atoms with Crippen molar-refractivity contribution in [1.82, 2.24) is 0 Å². The number of rotatable bonds is 6. The van der Waals surface area contributed by atoms with Gasteiger partial charge in [0, 0.05) is 5.02 Å². The van der Waals surface area contributed by atoms with Crippen LogP contribution in [0.2, 0.25) is 5.02 Å². The first-order valence-electron chi connectivity index (χ1n) is 6.08. The van der Waals surface area contributed by atoms with E-state index in [0.29, 0.717) is 13.0 Å². The van der Waals surface area contributed by atoms with Crippen molar-refractivity contribution >= 4 is 17.6 Å². The number of benzene rings is 1. The van der Waals surface area contributed by atoms with Crippen LogP contribution in [0.1, 0.15) is 44.6 Å². The number of halogens is 1. The van der Waals surface area contributed by atoms with Crippen LogP contribution in [0, 0.1) is 0 Å². The normalized spacial score (nSPS) is 12.2. The summed E-state index contributed by atoms with van der Waals surface area (Å²) in [4.78, 5) is 11.5. The molecule has 2 nitrogen and oxygen atoms in total. The summed E-state index contributed by atoms with van der Waals surface area (Å²) in [5.41, 5.74) is 1.16. The summed E-state index contributed by atoms with van der Waals surface area (Å²) >= 11 is 5.86. The number of hydrogen-bond acceptors (Lipinski definition) is 2. The van der Waals surface area contributed by atoms with Crippen LogP contribution in [0.3, 0.4) is 0 Å². The van der Waals surface area contributed by atoms with Gasteiger partial charge in [-0.05, 0) is 37.0 Å². The predicted molar refractivity (Wildman–Crippen MR) is 70.4 cm³/mol. The van der Waals surface area contributed by atoms with Crippen LogP contribution >= 0.6 is 11.6 Å². The van der Waals surface area contributed by atoms with Crippen molar-refractivity contribution < 1.29 is 9.53 Å². The molecule has 0 fully saturated rings. The largest absolute Gasteiger partial charge is 0.466 e. The summed E-state index contributed by atoms with van der Waals surface area (Å²) in [5, 5.41) is 0.722. The van der Waals surface area contributed by atoms with E-state index in [1.165, 1.54) is 0 Å². The topological polar surface area (TPSA) is 26.3 Å². The lowest BCUT2D eigenvalue weighted by Crippen LogP contribution is -2.10. The molecule has 1 atom stereocenters. The van der Waals surface area contributed by atoms with Crippen molar-refractivity contribution in [3.63, 3.8) is 0 Å². The van der Waals surface area contributed by atoms with Crippen molar-refractivity contribution in [2.45, 2.75) is 39.0 Å². The molecule has 1 rings (SSSR count). The fourth-order valence-electron chi connectivity index (χ4n) is 1.89. The van der Waals surface area contributed by atoms with E-state index in [-0.39, 0.29) is 11.9 Å². The number of esters is 1. The van der Waals surface area contributed by atoms with Crippen molar-refractivity contribution in [2.75, 3.05) is 6.61 Å². The molecule has 0 saturated carbocycles. The van der Waals surface area contributed by atoms with E-state index < -0.39 is 0 Å². The Morgan fingerprint density at radius 2 is 1.94 bits per heavy atom. The Labute approximate surface area is 108 Å². The molecule has 3 heteroatoms. The van der Waals surface area contributed by atoms with Gasteiger partial charge in [-0.1, -0.05) is 37.1 Å². The smallest absolute Gasteiger partial charge is 0.306 e. The molecule has 0 bridgehead atoms. The minimum atomic E-state index is -0.124. The number of carbonyl (C=O) groups excluding carboxylic acids is 1. The molecule has 0 unspecified atom stereocenters. The lowest BCUT2D eigenvalue weighted by atomic mass is 9.91. The molecule has 1 aromatic rings. The fraction of sp³-hybridized carbons (Fsp3) is 0.500. The SMILES string of the molecule is CCC[C@@H](CC(=O)OCC)c1ccc(Cl)cc1. The van der Waals surface area contributed by atoms with Gasteiger partial charge in [-0.3, -0.25) is 4.79 Å². The number of carbonyl (C=O) groups is 1. The summed E-state index contributed by atoms with van der Waals surface area (Å²) in [6.45, 7) is 4.39. The Balaban J connectivity index is 2.71. The fourth-order valence-corrected chi connectivity index (χ4v) is 2.02. The quantitative estimate of drug-likeness (QED) is 0.712. The Morgan fingerprint density at radius 1 is 1.29 bits per heavy atom. The monoisotopic (exact) mass is 254 g/mol. The molecule has 0 aliphatic heterocycles. The van der Waals surface area contributed by atoms with E-state index in [1.54, 1.807) is 0 Å². The van der Waals surface area contributed by atoms with E-state index in [2.05, 4.69) is 6.92 Å². The number of ether oxygens (including phenoxy) is 1. The van der Waals surface area contributed by atoms with Crippen molar-refractivity contribution in [3.8, 4) is 0 Å². The predicted octanol–water partition coefficient (Wildman–Crippen LogP) is 4.18. The first kappa shape index (κ1) is 14.0. The van der Waals surface area contributed by atoms with Gasteiger partial charge in [0.05, 0.1) is 13.0 Å². The van der Waals surface area contributed by atoms with Crippen LogP contribution in [0.15, 0.2) is 24.3 Å². The maximum atomic E-state index is 11.5. The summed E-state index contributed by atoms with van der Waals surface area (Å²) < 4.78 is 5.00. The summed E-state index contributed by atoms with van der Waals surface area (Å²) in [6, 6.07) is 7.71. The maximum Gasteiger partial charge on any atom is 0.306 e. The molecule has 0 aliphatic rings. The van der Waals surface area contributed by atoms with Crippen molar-refractivity contribution in [3.05, 3.63) is 34.9 Å². The summed E-state index contributed by atoms with van der Waals surface area (Å²) in [5.74, 6) is 0.109.